The highest BCUT2D eigenvalue weighted by molar-refractivity contribution is 5.76. The summed E-state index contributed by atoms with van der Waals surface area (Å²) in [5.74, 6) is 0.0854. The number of rotatable bonds is 4. The zero-order chi connectivity index (χ0) is 10.6. The van der Waals surface area contributed by atoms with Gasteiger partial charge in [-0.15, -0.1) is 0 Å². The summed E-state index contributed by atoms with van der Waals surface area (Å²) < 4.78 is 5.29. The molecule has 1 heterocycles. The maximum absolute atomic E-state index is 11.5. The summed E-state index contributed by atoms with van der Waals surface area (Å²) in [6.45, 7) is 5.54. The molecule has 4 nitrogen and oxygen atoms in total. The molecule has 1 rings (SSSR count). The Hall–Kier alpha value is -0.610. The van der Waals surface area contributed by atoms with Crippen LogP contribution in [0, 0.1) is 0 Å². The summed E-state index contributed by atoms with van der Waals surface area (Å²) in [7, 11) is 0. The topological polar surface area (TPSA) is 49.8 Å². The number of carbonyl (C=O) groups is 1. The molecule has 0 aromatic rings. The summed E-state index contributed by atoms with van der Waals surface area (Å²) >= 11 is 0. The maximum atomic E-state index is 11.5. The average Bonchev–Trinajstić information content (AvgIpc) is 2.51. The van der Waals surface area contributed by atoms with Crippen LogP contribution in [0.25, 0.3) is 0 Å². The van der Waals surface area contributed by atoms with E-state index in [1.165, 1.54) is 0 Å². The Labute approximate surface area is 84.8 Å². The third kappa shape index (κ3) is 3.64. The first kappa shape index (κ1) is 11.5. The van der Waals surface area contributed by atoms with Crippen molar-refractivity contribution in [3.8, 4) is 0 Å². The molecular formula is C10H19NO3. The van der Waals surface area contributed by atoms with Crippen LogP contribution in [0.4, 0.5) is 0 Å². The van der Waals surface area contributed by atoms with Crippen LogP contribution in [0.1, 0.15) is 26.7 Å². The van der Waals surface area contributed by atoms with Crippen molar-refractivity contribution in [3.05, 3.63) is 0 Å². The van der Waals surface area contributed by atoms with E-state index in [0.717, 1.165) is 0 Å². The van der Waals surface area contributed by atoms with Crippen LogP contribution in [-0.4, -0.2) is 47.8 Å². The number of likely N-dealkylation sites (tertiary alicyclic amines) is 1. The maximum Gasteiger partial charge on any atom is 0.224 e. The van der Waals surface area contributed by atoms with Crippen molar-refractivity contribution < 1.29 is 14.6 Å². The van der Waals surface area contributed by atoms with Gasteiger partial charge in [0.05, 0.1) is 25.2 Å². The van der Waals surface area contributed by atoms with Gasteiger partial charge in [-0.25, -0.2) is 0 Å². The molecule has 1 N–H and O–H groups in total. The van der Waals surface area contributed by atoms with Gasteiger partial charge in [-0.05, 0) is 20.3 Å². The van der Waals surface area contributed by atoms with Gasteiger partial charge < -0.3 is 14.7 Å². The van der Waals surface area contributed by atoms with Gasteiger partial charge in [0.25, 0.3) is 0 Å². The van der Waals surface area contributed by atoms with Crippen molar-refractivity contribution in [3.63, 3.8) is 0 Å². The molecule has 1 aliphatic rings. The quantitative estimate of drug-likeness (QED) is 0.716. The molecule has 1 aliphatic heterocycles. The highest BCUT2D eigenvalue weighted by Crippen LogP contribution is 2.10. The largest absolute Gasteiger partial charge is 0.391 e. The second kappa shape index (κ2) is 5.32. The van der Waals surface area contributed by atoms with Gasteiger partial charge in [0.1, 0.15) is 0 Å². The molecule has 0 radical (unpaired) electrons. The van der Waals surface area contributed by atoms with E-state index < -0.39 is 0 Å². The van der Waals surface area contributed by atoms with Gasteiger partial charge in [-0.1, -0.05) is 0 Å². The van der Waals surface area contributed by atoms with Gasteiger partial charge in [0.2, 0.25) is 5.91 Å². The highest BCUT2D eigenvalue weighted by Gasteiger charge is 2.23. The monoisotopic (exact) mass is 201 g/mol. The second-order valence-electron chi connectivity index (χ2n) is 3.95. The fourth-order valence-corrected chi connectivity index (χ4v) is 1.51. The van der Waals surface area contributed by atoms with E-state index in [9.17, 15) is 9.90 Å². The molecule has 82 valence electrons. The average molecular weight is 201 g/mol. The summed E-state index contributed by atoms with van der Waals surface area (Å²) in [6.07, 6.45) is 0.971. The first-order valence-electron chi connectivity index (χ1n) is 5.17. The van der Waals surface area contributed by atoms with Gasteiger partial charge >= 0.3 is 0 Å². The Balaban J connectivity index is 2.15. The van der Waals surface area contributed by atoms with E-state index in [-0.39, 0.29) is 18.1 Å². The molecule has 0 aromatic heterocycles. The lowest BCUT2D eigenvalue weighted by Crippen LogP contribution is -2.30. The van der Waals surface area contributed by atoms with Crippen LogP contribution in [0.15, 0.2) is 0 Å². The fourth-order valence-electron chi connectivity index (χ4n) is 1.51. The zero-order valence-electron chi connectivity index (χ0n) is 8.90. The minimum absolute atomic E-state index is 0.0854. The van der Waals surface area contributed by atoms with Crippen molar-refractivity contribution in [2.45, 2.75) is 38.9 Å². The van der Waals surface area contributed by atoms with E-state index in [2.05, 4.69) is 0 Å². The summed E-state index contributed by atoms with van der Waals surface area (Å²) in [6, 6.07) is 0. The Morgan fingerprint density at radius 3 is 2.86 bits per heavy atom. The Kier molecular flexibility index (Phi) is 4.35. The van der Waals surface area contributed by atoms with Gasteiger partial charge in [-0.3, -0.25) is 4.79 Å². The van der Waals surface area contributed by atoms with E-state index >= 15 is 0 Å². The number of β-amino-alcohol motifs (C(OH)–C–C–N with tert-alkyl or cyclic N) is 1. The number of amides is 1. The smallest absolute Gasteiger partial charge is 0.224 e. The SMILES string of the molecule is CC(C)OCCC(=O)N1CCC(O)C1. The van der Waals surface area contributed by atoms with Crippen molar-refractivity contribution >= 4 is 5.91 Å². The minimum atomic E-state index is -0.329. The molecule has 1 fully saturated rings. The highest BCUT2D eigenvalue weighted by atomic mass is 16.5. The van der Waals surface area contributed by atoms with Crippen LogP contribution in [0.2, 0.25) is 0 Å². The first-order chi connectivity index (χ1) is 6.59. The molecule has 1 amide bonds. The number of hydrogen-bond acceptors (Lipinski definition) is 3. The zero-order valence-corrected chi connectivity index (χ0v) is 8.90. The van der Waals surface area contributed by atoms with Crippen LogP contribution in [0.3, 0.4) is 0 Å². The van der Waals surface area contributed by atoms with Crippen LogP contribution in [-0.2, 0) is 9.53 Å². The van der Waals surface area contributed by atoms with Crippen LogP contribution in [0.5, 0.6) is 0 Å². The molecule has 1 unspecified atom stereocenters. The molecule has 4 heteroatoms. The number of aliphatic hydroxyl groups excluding tert-OH is 1. The molecule has 1 atom stereocenters. The lowest BCUT2D eigenvalue weighted by Gasteiger charge is -2.15. The number of ether oxygens (including phenoxy) is 1. The number of carbonyl (C=O) groups excluding carboxylic acids is 1. The van der Waals surface area contributed by atoms with Crippen LogP contribution < -0.4 is 0 Å². The van der Waals surface area contributed by atoms with E-state index in [4.69, 9.17) is 4.74 Å². The molecule has 0 saturated carbocycles. The Morgan fingerprint density at radius 2 is 2.36 bits per heavy atom. The van der Waals surface area contributed by atoms with E-state index in [0.29, 0.717) is 32.5 Å². The Morgan fingerprint density at radius 1 is 1.64 bits per heavy atom. The minimum Gasteiger partial charge on any atom is -0.391 e. The van der Waals surface area contributed by atoms with Gasteiger partial charge in [0.15, 0.2) is 0 Å². The molecule has 0 aliphatic carbocycles. The van der Waals surface area contributed by atoms with Crippen molar-refractivity contribution in [1.29, 1.82) is 0 Å². The molecule has 0 bridgehead atoms. The third-order valence-electron chi connectivity index (χ3n) is 2.28. The standard InChI is InChI=1S/C10H19NO3/c1-8(2)14-6-4-10(13)11-5-3-9(12)7-11/h8-9,12H,3-7H2,1-2H3. The van der Waals surface area contributed by atoms with Crippen molar-refractivity contribution in [1.82, 2.24) is 4.90 Å². The lowest BCUT2D eigenvalue weighted by molar-refractivity contribution is -0.131. The third-order valence-corrected chi connectivity index (χ3v) is 2.28. The van der Waals surface area contributed by atoms with Gasteiger partial charge in [-0.2, -0.15) is 0 Å². The molecule has 0 spiro atoms. The van der Waals surface area contributed by atoms with Gasteiger partial charge in [0, 0.05) is 13.1 Å². The number of hydrogen-bond donors (Lipinski definition) is 1. The summed E-state index contributed by atoms with van der Waals surface area (Å²) in [5, 5.41) is 9.24. The van der Waals surface area contributed by atoms with Crippen LogP contribution >= 0.6 is 0 Å². The normalized spacial score (nSPS) is 22.0. The molecule has 1 saturated heterocycles. The first-order valence-corrected chi connectivity index (χ1v) is 5.17. The van der Waals surface area contributed by atoms with E-state index in [1.54, 1.807) is 4.90 Å². The van der Waals surface area contributed by atoms with E-state index in [1.807, 2.05) is 13.8 Å². The molecule has 14 heavy (non-hydrogen) atoms. The molecule has 0 aromatic carbocycles. The predicted molar refractivity (Wildman–Crippen MR) is 52.9 cm³/mol. The number of nitrogens with zero attached hydrogens (tertiary/aromatic N) is 1. The lowest BCUT2D eigenvalue weighted by atomic mass is 10.3. The molecular weight excluding hydrogens is 182 g/mol. The predicted octanol–water partition coefficient (Wildman–Crippen LogP) is 0.395. The second-order valence-corrected chi connectivity index (χ2v) is 3.95. The Bertz CT molecular complexity index is 194. The summed E-state index contributed by atoms with van der Waals surface area (Å²) in [5.41, 5.74) is 0. The number of aliphatic hydroxyl groups is 1. The fraction of sp³-hybridized carbons (Fsp3) is 0.900. The van der Waals surface area contributed by atoms with Crippen molar-refractivity contribution in [2.24, 2.45) is 0 Å². The van der Waals surface area contributed by atoms with Crippen molar-refractivity contribution in [2.75, 3.05) is 19.7 Å². The summed E-state index contributed by atoms with van der Waals surface area (Å²) in [4.78, 5) is 13.2.